The lowest BCUT2D eigenvalue weighted by Gasteiger charge is -2.25. The lowest BCUT2D eigenvalue weighted by molar-refractivity contribution is 0.102. The zero-order valence-corrected chi connectivity index (χ0v) is 18.4. The number of piperidine rings is 1. The summed E-state index contributed by atoms with van der Waals surface area (Å²) in [7, 11) is 0. The first-order chi connectivity index (χ1) is 14.4. The fourth-order valence-electron chi connectivity index (χ4n) is 3.72. The molecule has 2 aromatic carbocycles. The van der Waals surface area contributed by atoms with Crippen molar-refractivity contribution in [1.82, 2.24) is 15.1 Å². The molecule has 0 saturated carbocycles. The third-order valence-electron chi connectivity index (χ3n) is 5.35. The minimum absolute atomic E-state index is 0. The zero-order valence-electron chi connectivity index (χ0n) is 16.8. The fraction of sp³-hybridized carbons (Fsp3) is 0.273. The van der Waals surface area contributed by atoms with Crippen molar-refractivity contribution < 1.29 is 13.6 Å². The van der Waals surface area contributed by atoms with E-state index in [0.29, 0.717) is 10.6 Å². The maximum Gasteiger partial charge on any atom is 0.259 e. The Morgan fingerprint density at radius 3 is 2.65 bits per heavy atom. The quantitative estimate of drug-likeness (QED) is 0.551. The van der Waals surface area contributed by atoms with E-state index >= 15 is 0 Å². The van der Waals surface area contributed by atoms with Gasteiger partial charge in [-0.05, 0) is 62.7 Å². The molecule has 3 aromatic rings. The number of benzene rings is 2. The van der Waals surface area contributed by atoms with Crippen LogP contribution < -0.4 is 10.6 Å². The van der Waals surface area contributed by atoms with Crippen LogP contribution in [0.15, 0.2) is 42.6 Å². The number of hydrogen-bond donors (Lipinski definition) is 2. The van der Waals surface area contributed by atoms with Crippen LogP contribution in [0.4, 0.5) is 14.5 Å². The number of carbonyl (C=O) groups is 1. The van der Waals surface area contributed by atoms with Crippen molar-refractivity contribution in [1.29, 1.82) is 0 Å². The largest absolute Gasteiger partial charge is 0.319 e. The molecule has 2 N–H and O–H groups in total. The number of nitrogens with one attached hydrogen (secondary N) is 2. The van der Waals surface area contributed by atoms with Crippen LogP contribution in [0.1, 0.15) is 40.4 Å². The summed E-state index contributed by atoms with van der Waals surface area (Å²) in [5.41, 5.74) is 2.56. The summed E-state index contributed by atoms with van der Waals surface area (Å²) in [6, 6.07) is 8.55. The molecule has 4 rings (SSSR count). The summed E-state index contributed by atoms with van der Waals surface area (Å²) in [5.74, 6) is -1.77. The van der Waals surface area contributed by atoms with Gasteiger partial charge in [0.05, 0.1) is 28.8 Å². The molecular formula is C22H22Cl2F2N4O. The van der Waals surface area contributed by atoms with E-state index in [-0.39, 0.29) is 24.0 Å². The van der Waals surface area contributed by atoms with E-state index < -0.39 is 17.5 Å². The van der Waals surface area contributed by atoms with Gasteiger partial charge in [0.2, 0.25) is 0 Å². The Bertz CT molecular complexity index is 1100. The molecule has 1 fully saturated rings. The summed E-state index contributed by atoms with van der Waals surface area (Å²) in [4.78, 5) is 13.0. The van der Waals surface area contributed by atoms with Gasteiger partial charge in [0, 0.05) is 17.0 Å². The van der Waals surface area contributed by atoms with Crippen LogP contribution in [-0.4, -0.2) is 28.8 Å². The highest BCUT2D eigenvalue weighted by Crippen LogP contribution is 2.32. The van der Waals surface area contributed by atoms with Gasteiger partial charge in [-0.1, -0.05) is 17.7 Å². The van der Waals surface area contributed by atoms with Crippen LogP contribution in [0.25, 0.3) is 5.69 Å². The molecule has 9 heteroatoms. The lowest BCUT2D eigenvalue weighted by atomic mass is 9.91. The second kappa shape index (κ2) is 9.77. The topological polar surface area (TPSA) is 59.0 Å². The number of anilines is 1. The Hall–Kier alpha value is -2.48. The number of halogens is 4. The maximum atomic E-state index is 14.0. The zero-order chi connectivity index (χ0) is 21.3. The molecule has 164 valence electrons. The number of amides is 1. The minimum Gasteiger partial charge on any atom is -0.319 e. The van der Waals surface area contributed by atoms with Gasteiger partial charge in [-0.3, -0.25) is 4.79 Å². The normalized spacial score (nSPS) is 14.2. The summed E-state index contributed by atoms with van der Waals surface area (Å²) in [5, 5.41) is 10.8. The third-order valence-corrected chi connectivity index (χ3v) is 5.76. The highest BCUT2D eigenvalue weighted by molar-refractivity contribution is 6.31. The first kappa shape index (κ1) is 23.2. The van der Waals surface area contributed by atoms with Gasteiger partial charge in [0.25, 0.3) is 5.91 Å². The molecular weight excluding hydrogens is 445 g/mol. The van der Waals surface area contributed by atoms with Gasteiger partial charge in [0.15, 0.2) is 0 Å². The molecule has 0 radical (unpaired) electrons. The Labute approximate surface area is 190 Å². The monoisotopic (exact) mass is 466 g/mol. The fourth-order valence-corrected chi connectivity index (χ4v) is 3.90. The minimum atomic E-state index is -0.703. The van der Waals surface area contributed by atoms with Crippen molar-refractivity contribution in [3.8, 4) is 5.69 Å². The molecule has 31 heavy (non-hydrogen) atoms. The third kappa shape index (κ3) is 4.89. The van der Waals surface area contributed by atoms with Crippen LogP contribution in [0.3, 0.4) is 0 Å². The van der Waals surface area contributed by atoms with Gasteiger partial charge in [-0.2, -0.15) is 5.10 Å². The average molecular weight is 467 g/mol. The molecule has 1 aromatic heterocycles. The van der Waals surface area contributed by atoms with Crippen LogP contribution in [-0.2, 0) is 0 Å². The highest BCUT2D eigenvalue weighted by Gasteiger charge is 2.27. The smallest absolute Gasteiger partial charge is 0.259 e. The Balaban J connectivity index is 0.00000272. The summed E-state index contributed by atoms with van der Waals surface area (Å²) < 4.78 is 29.3. The molecule has 1 aliphatic heterocycles. The van der Waals surface area contributed by atoms with Crippen molar-refractivity contribution in [2.45, 2.75) is 25.7 Å². The predicted octanol–water partition coefficient (Wildman–Crippen LogP) is 5.25. The molecule has 0 aliphatic carbocycles. The standard InChI is InChI=1S/C22H21ClF2N4O.ClH/c1-13-2-4-16(11-18(13)23)29-21(14-6-8-26-9-7-14)17(12-27-29)22(30)28-20-10-15(24)3-5-19(20)25;/h2-5,10-12,14,26H,6-9H2,1H3,(H,28,30);1H. The molecule has 5 nitrogen and oxygen atoms in total. The summed E-state index contributed by atoms with van der Waals surface area (Å²) >= 11 is 6.30. The Morgan fingerprint density at radius 1 is 1.19 bits per heavy atom. The van der Waals surface area contributed by atoms with Crippen molar-refractivity contribution in [2.75, 3.05) is 18.4 Å². The molecule has 1 saturated heterocycles. The van der Waals surface area contributed by atoms with Crippen LogP contribution in [0.5, 0.6) is 0 Å². The second-order valence-corrected chi connectivity index (χ2v) is 7.80. The van der Waals surface area contributed by atoms with E-state index in [0.717, 1.165) is 61.1 Å². The summed E-state index contributed by atoms with van der Waals surface area (Å²) in [6.07, 6.45) is 3.14. The maximum absolute atomic E-state index is 14.0. The Kier molecular flexibility index (Phi) is 7.30. The van der Waals surface area contributed by atoms with E-state index in [4.69, 9.17) is 11.6 Å². The van der Waals surface area contributed by atoms with E-state index in [1.165, 1.54) is 6.20 Å². The first-order valence-corrected chi connectivity index (χ1v) is 10.1. The van der Waals surface area contributed by atoms with E-state index in [9.17, 15) is 13.6 Å². The molecule has 0 unspecified atom stereocenters. The number of carbonyl (C=O) groups excluding carboxylic acids is 1. The SMILES string of the molecule is Cc1ccc(-n2ncc(C(=O)Nc3cc(F)ccc3F)c2C2CCNCC2)cc1Cl.Cl. The average Bonchev–Trinajstić information content (AvgIpc) is 3.18. The van der Waals surface area contributed by atoms with E-state index in [1.807, 2.05) is 25.1 Å². The van der Waals surface area contributed by atoms with Crippen molar-refractivity contribution in [2.24, 2.45) is 0 Å². The van der Waals surface area contributed by atoms with Gasteiger partial charge in [0.1, 0.15) is 11.6 Å². The molecule has 0 atom stereocenters. The van der Waals surface area contributed by atoms with Gasteiger partial charge in [-0.15, -0.1) is 12.4 Å². The Morgan fingerprint density at radius 2 is 1.94 bits per heavy atom. The second-order valence-electron chi connectivity index (χ2n) is 7.39. The van der Waals surface area contributed by atoms with Crippen LogP contribution in [0.2, 0.25) is 5.02 Å². The number of aromatic nitrogens is 2. The highest BCUT2D eigenvalue weighted by atomic mass is 35.5. The molecule has 0 spiro atoms. The molecule has 0 bridgehead atoms. The van der Waals surface area contributed by atoms with Crippen molar-refractivity contribution in [3.05, 3.63) is 76.1 Å². The van der Waals surface area contributed by atoms with Crippen molar-refractivity contribution >= 4 is 35.6 Å². The van der Waals surface area contributed by atoms with Crippen LogP contribution in [0, 0.1) is 18.6 Å². The summed E-state index contributed by atoms with van der Waals surface area (Å²) in [6.45, 7) is 3.56. The van der Waals surface area contributed by atoms with Gasteiger partial charge in [-0.25, -0.2) is 13.5 Å². The number of aryl methyl sites for hydroxylation is 1. The lowest BCUT2D eigenvalue weighted by Crippen LogP contribution is -2.29. The van der Waals surface area contributed by atoms with Gasteiger partial charge < -0.3 is 10.6 Å². The molecule has 1 aliphatic rings. The van der Waals surface area contributed by atoms with Crippen LogP contribution >= 0.6 is 24.0 Å². The van der Waals surface area contributed by atoms with Crippen molar-refractivity contribution in [3.63, 3.8) is 0 Å². The van der Waals surface area contributed by atoms with E-state index in [2.05, 4.69) is 15.7 Å². The number of hydrogen-bond acceptors (Lipinski definition) is 3. The molecule has 2 heterocycles. The predicted molar refractivity (Wildman–Crippen MR) is 120 cm³/mol. The van der Waals surface area contributed by atoms with Gasteiger partial charge >= 0.3 is 0 Å². The number of rotatable bonds is 4. The molecule has 1 amide bonds. The first-order valence-electron chi connectivity index (χ1n) is 9.75. The van der Waals surface area contributed by atoms with E-state index in [1.54, 1.807) is 4.68 Å². The number of nitrogens with zero attached hydrogens (tertiary/aromatic N) is 2.